The van der Waals surface area contributed by atoms with Crippen molar-refractivity contribution in [2.24, 2.45) is 10.9 Å². The summed E-state index contributed by atoms with van der Waals surface area (Å²) < 4.78 is 5.46. The van der Waals surface area contributed by atoms with Crippen LogP contribution in [0.3, 0.4) is 0 Å². The zero-order chi connectivity index (χ0) is 25.9. The Hall–Kier alpha value is -3.91. The second-order valence-corrected chi connectivity index (χ2v) is 10.2. The van der Waals surface area contributed by atoms with E-state index in [1.807, 2.05) is 30.6 Å². The van der Waals surface area contributed by atoms with E-state index in [4.69, 9.17) is 4.74 Å². The van der Waals surface area contributed by atoms with Crippen LogP contribution in [0.25, 0.3) is 11.1 Å². The monoisotopic (exact) mass is 509 g/mol. The molecule has 0 unspecified atom stereocenters. The third-order valence-electron chi connectivity index (χ3n) is 7.69. The molecule has 2 aliphatic heterocycles. The van der Waals surface area contributed by atoms with Gasteiger partial charge in [0, 0.05) is 36.8 Å². The number of hydrogen-bond acceptors (Lipinski definition) is 7. The van der Waals surface area contributed by atoms with Gasteiger partial charge in [0.25, 0.3) is 5.91 Å². The van der Waals surface area contributed by atoms with E-state index in [0.717, 1.165) is 47.6 Å². The molecule has 8 nitrogen and oxygen atoms in total. The molecule has 0 bridgehead atoms. The fraction of sp³-hybridized carbons (Fsp3) is 0.367. The number of pyridine rings is 2. The Morgan fingerprint density at radius 3 is 2.61 bits per heavy atom. The number of carbonyl (C=O) groups is 2. The molecule has 38 heavy (non-hydrogen) atoms. The summed E-state index contributed by atoms with van der Waals surface area (Å²) in [4.78, 5) is 40.9. The van der Waals surface area contributed by atoms with Gasteiger partial charge in [-0.05, 0) is 48.2 Å². The Kier molecular flexibility index (Phi) is 6.96. The van der Waals surface area contributed by atoms with E-state index in [9.17, 15) is 9.59 Å². The number of ether oxygens (including phenoxy) is 1. The van der Waals surface area contributed by atoms with Crippen molar-refractivity contribution in [3.63, 3.8) is 0 Å². The van der Waals surface area contributed by atoms with Gasteiger partial charge in [-0.1, -0.05) is 31.7 Å². The number of fused-ring (bicyclic) bond motifs is 1. The molecule has 2 aromatic heterocycles. The van der Waals surface area contributed by atoms with Crippen LogP contribution in [0.15, 0.2) is 60.0 Å². The van der Waals surface area contributed by atoms with Crippen molar-refractivity contribution in [1.82, 2.24) is 9.97 Å². The first kappa shape index (κ1) is 24.4. The number of hydrogen-bond donors (Lipinski definition) is 1. The lowest BCUT2D eigenvalue weighted by atomic mass is 9.96. The molecule has 1 saturated carbocycles. The highest BCUT2D eigenvalue weighted by atomic mass is 16.5. The highest BCUT2D eigenvalue weighted by Crippen LogP contribution is 2.35. The number of benzene rings is 1. The van der Waals surface area contributed by atoms with Crippen LogP contribution in [0.2, 0.25) is 0 Å². The summed E-state index contributed by atoms with van der Waals surface area (Å²) in [7, 11) is 0. The van der Waals surface area contributed by atoms with Gasteiger partial charge in [0.05, 0.1) is 42.7 Å². The van der Waals surface area contributed by atoms with Crippen LogP contribution < -0.4 is 10.2 Å². The quantitative estimate of drug-likeness (QED) is 0.419. The number of morpholine rings is 1. The number of anilines is 2. The van der Waals surface area contributed by atoms with E-state index in [2.05, 4.69) is 31.2 Å². The maximum Gasteiger partial charge on any atom is 0.275 e. The zero-order valence-corrected chi connectivity index (χ0v) is 21.4. The number of Topliss-reactive ketones (excluding diaryl/α,β-unsaturated/α-hetero) is 1. The molecule has 4 heterocycles. The van der Waals surface area contributed by atoms with Crippen LogP contribution in [0, 0.1) is 5.92 Å². The number of carbonyl (C=O) groups excluding carboxylic acids is 2. The molecule has 2 fully saturated rings. The summed E-state index contributed by atoms with van der Waals surface area (Å²) in [6.45, 7) is 3.12. The Morgan fingerprint density at radius 1 is 0.974 bits per heavy atom. The summed E-state index contributed by atoms with van der Waals surface area (Å²) in [6, 6.07) is 11.5. The van der Waals surface area contributed by atoms with Gasteiger partial charge in [-0.25, -0.2) is 4.99 Å². The largest absolute Gasteiger partial charge is 0.378 e. The highest BCUT2D eigenvalue weighted by molar-refractivity contribution is 6.52. The first-order valence-corrected chi connectivity index (χ1v) is 13.5. The Morgan fingerprint density at radius 2 is 1.82 bits per heavy atom. The van der Waals surface area contributed by atoms with Gasteiger partial charge < -0.3 is 15.0 Å². The predicted molar refractivity (Wildman–Crippen MR) is 147 cm³/mol. The van der Waals surface area contributed by atoms with Crippen molar-refractivity contribution in [2.45, 2.75) is 38.5 Å². The van der Waals surface area contributed by atoms with Gasteiger partial charge in [-0.3, -0.25) is 19.6 Å². The van der Waals surface area contributed by atoms with Crippen molar-refractivity contribution in [2.75, 3.05) is 36.5 Å². The van der Waals surface area contributed by atoms with E-state index in [0.29, 0.717) is 42.6 Å². The summed E-state index contributed by atoms with van der Waals surface area (Å²) in [5.74, 6) is 0.442. The lowest BCUT2D eigenvalue weighted by Crippen LogP contribution is -2.36. The number of rotatable bonds is 8. The molecular weight excluding hydrogens is 478 g/mol. The van der Waals surface area contributed by atoms with Crippen LogP contribution >= 0.6 is 0 Å². The number of ketones is 1. The number of amides is 1. The van der Waals surface area contributed by atoms with Gasteiger partial charge in [-0.2, -0.15) is 0 Å². The topological polar surface area (TPSA) is 96.8 Å². The van der Waals surface area contributed by atoms with Crippen LogP contribution in [0.4, 0.5) is 17.1 Å². The summed E-state index contributed by atoms with van der Waals surface area (Å²) in [6.07, 6.45) is 11.7. The molecule has 1 amide bonds. The fourth-order valence-electron chi connectivity index (χ4n) is 5.47. The van der Waals surface area contributed by atoms with E-state index >= 15 is 0 Å². The van der Waals surface area contributed by atoms with Gasteiger partial charge in [0.2, 0.25) is 0 Å². The molecular formula is C30H31N5O3. The number of nitrogens with one attached hydrogen (secondary N) is 1. The van der Waals surface area contributed by atoms with Crippen LogP contribution in [-0.2, 0) is 9.53 Å². The minimum Gasteiger partial charge on any atom is -0.378 e. The standard InChI is InChI=1S/C30H31N5O3/c36-28(10-5-20-3-1-2-4-20)27-9-7-23(18-32-27)33-30(37)29-25-16-21(6-8-26(25)34-29)22-15-24(19-31-17-22)35-11-13-38-14-12-35/h6-9,15-20H,1-5,10-14H2,(H,33,37). The molecule has 0 radical (unpaired) electrons. The van der Waals surface area contributed by atoms with Crippen molar-refractivity contribution < 1.29 is 14.3 Å². The van der Waals surface area contributed by atoms with Gasteiger partial charge in [-0.15, -0.1) is 0 Å². The van der Waals surface area contributed by atoms with Crippen molar-refractivity contribution >= 4 is 34.5 Å². The third-order valence-corrected chi connectivity index (χ3v) is 7.69. The molecule has 1 aliphatic carbocycles. The predicted octanol–water partition coefficient (Wildman–Crippen LogP) is 5.21. The summed E-state index contributed by atoms with van der Waals surface area (Å²) >= 11 is 0. The Labute approximate surface area is 222 Å². The lowest BCUT2D eigenvalue weighted by molar-refractivity contribution is -0.110. The fourth-order valence-corrected chi connectivity index (χ4v) is 5.47. The molecule has 8 heteroatoms. The summed E-state index contributed by atoms with van der Waals surface area (Å²) in [5, 5.41) is 2.86. The SMILES string of the molecule is O=C(Nc1ccc(C(=O)CCC2CCCC2)nc1)C1=Nc2ccc(-c3cncc(N4CCOCC4)c3)cc21. The van der Waals surface area contributed by atoms with E-state index in [1.165, 1.54) is 25.7 Å². The van der Waals surface area contributed by atoms with Crippen molar-refractivity contribution in [3.05, 3.63) is 66.2 Å². The second kappa shape index (κ2) is 10.8. The van der Waals surface area contributed by atoms with Crippen LogP contribution in [0.5, 0.6) is 0 Å². The maximum atomic E-state index is 13.0. The normalized spacial score (nSPS) is 16.9. The number of aromatic nitrogens is 2. The van der Waals surface area contributed by atoms with E-state index < -0.39 is 0 Å². The molecule has 194 valence electrons. The van der Waals surface area contributed by atoms with Crippen LogP contribution in [-0.4, -0.2) is 53.7 Å². The molecule has 0 spiro atoms. The van der Waals surface area contributed by atoms with Crippen molar-refractivity contribution in [1.29, 1.82) is 0 Å². The first-order valence-electron chi connectivity index (χ1n) is 13.5. The average molecular weight is 510 g/mol. The highest BCUT2D eigenvalue weighted by Gasteiger charge is 2.26. The average Bonchev–Trinajstić information content (AvgIpc) is 3.47. The maximum absolute atomic E-state index is 13.0. The zero-order valence-electron chi connectivity index (χ0n) is 21.4. The molecule has 3 aliphatic rings. The third kappa shape index (κ3) is 5.22. The minimum absolute atomic E-state index is 0.0618. The Balaban J connectivity index is 1.09. The molecule has 1 N–H and O–H groups in total. The van der Waals surface area contributed by atoms with E-state index in [-0.39, 0.29) is 11.7 Å². The van der Waals surface area contributed by atoms with Gasteiger partial charge in [0.15, 0.2) is 5.78 Å². The minimum atomic E-state index is -0.294. The number of aliphatic imine (C=N–C) groups is 1. The Bertz CT molecular complexity index is 1370. The van der Waals surface area contributed by atoms with Crippen molar-refractivity contribution in [3.8, 4) is 11.1 Å². The lowest BCUT2D eigenvalue weighted by Gasteiger charge is -2.28. The molecule has 6 rings (SSSR count). The van der Waals surface area contributed by atoms with E-state index in [1.54, 1.807) is 18.3 Å². The van der Waals surface area contributed by atoms with Gasteiger partial charge in [0.1, 0.15) is 11.4 Å². The first-order chi connectivity index (χ1) is 18.6. The molecule has 0 atom stereocenters. The smallest absolute Gasteiger partial charge is 0.275 e. The van der Waals surface area contributed by atoms with Crippen LogP contribution in [0.1, 0.15) is 54.6 Å². The molecule has 3 aromatic rings. The molecule has 1 saturated heterocycles. The number of nitrogens with zero attached hydrogens (tertiary/aromatic N) is 4. The second-order valence-electron chi connectivity index (χ2n) is 10.2. The van der Waals surface area contributed by atoms with Gasteiger partial charge >= 0.3 is 0 Å². The molecule has 1 aromatic carbocycles. The summed E-state index contributed by atoms with van der Waals surface area (Å²) in [5.41, 5.74) is 6.00.